The molecule has 0 aromatic carbocycles. The Morgan fingerprint density at radius 3 is 2.46 bits per heavy atom. The van der Waals surface area contributed by atoms with Crippen LogP contribution in [-0.2, 0) is 0 Å². The van der Waals surface area contributed by atoms with Crippen molar-refractivity contribution in [2.45, 2.75) is 50.0 Å². The van der Waals surface area contributed by atoms with Crippen molar-refractivity contribution in [2.75, 3.05) is 6.54 Å². The Hall–Kier alpha value is -1.75. The molecule has 4 nitrogen and oxygen atoms in total. The van der Waals surface area contributed by atoms with Gasteiger partial charge in [-0.15, -0.1) is 11.3 Å². The van der Waals surface area contributed by atoms with E-state index in [1.54, 1.807) is 17.6 Å². The first-order valence-electron chi connectivity index (χ1n) is 9.82. The van der Waals surface area contributed by atoms with Gasteiger partial charge >= 0.3 is 6.03 Å². The van der Waals surface area contributed by atoms with Gasteiger partial charge in [-0.25, -0.2) is 4.79 Å². The summed E-state index contributed by atoms with van der Waals surface area (Å²) < 4.78 is 5.62. The maximum absolute atomic E-state index is 12.7. The summed E-state index contributed by atoms with van der Waals surface area (Å²) in [4.78, 5) is 13.9. The molecule has 2 aromatic rings. The number of furan rings is 1. The van der Waals surface area contributed by atoms with E-state index in [1.807, 2.05) is 18.2 Å². The highest BCUT2D eigenvalue weighted by molar-refractivity contribution is 7.10. The maximum atomic E-state index is 12.7. The lowest BCUT2D eigenvalue weighted by Gasteiger charge is -2.56. The molecule has 0 spiro atoms. The number of urea groups is 1. The summed E-state index contributed by atoms with van der Waals surface area (Å²) in [6.07, 6.45) is 9.41. The SMILES string of the molecule is O=C(NCC(c1ccco1)c1cccs1)NC12CC3CC(CC(C3)C1)C2. The van der Waals surface area contributed by atoms with Gasteiger partial charge in [0.15, 0.2) is 0 Å². The summed E-state index contributed by atoms with van der Waals surface area (Å²) in [6, 6.07) is 8.04. The molecule has 138 valence electrons. The number of nitrogens with one attached hydrogen (secondary N) is 2. The molecule has 4 fully saturated rings. The number of thiophene rings is 1. The van der Waals surface area contributed by atoms with Crippen LogP contribution in [0.2, 0.25) is 0 Å². The number of carbonyl (C=O) groups is 1. The number of amides is 2. The van der Waals surface area contributed by atoms with Crippen molar-refractivity contribution in [2.24, 2.45) is 17.8 Å². The van der Waals surface area contributed by atoms with Gasteiger partial charge in [0.05, 0.1) is 12.2 Å². The van der Waals surface area contributed by atoms with Gasteiger partial charge in [-0.2, -0.15) is 0 Å². The van der Waals surface area contributed by atoms with Crippen LogP contribution in [0.15, 0.2) is 40.3 Å². The molecule has 2 heterocycles. The third-order valence-electron chi connectivity index (χ3n) is 6.66. The van der Waals surface area contributed by atoms with E-state index >= 15 is 0 Å². The van der Waals surface area contributed by atoms with E-state index in [0.717, 1.165) is 23.5 Å². The molecule has 5 heteroatoms. The summed E-state index contributed by atoms with van der Waals surface area (Å²) in [6.45, 7) is 0.562. The minimum Gasteiger partial charge on any atom is -0.469 e. The predicted octanol–water partition coefficient (Wildman–Crippen LogP) is 4.74. The van der Waals surface area contributed by atoms with Gasteiger partial charge in [0.25, 0.3) is 0 Å². The molecule has 6 rings (SSSR count). The first-order valence-corrected chi connectivity index (χ1v) is 10.7. The molecule has 0 saturated heterocycles. The van der Waals surface area contributed by atoms with Crippen LogP contribution in [0.3, 0.4) is 0 Å². The van der Waals surface area contributed by atoms with E-state index in [4.69, 9.17) is 4.42 Å². The Balaban J connectivity index is 1.24. The molecule has 4 aliphatic carbocycles. The zero-order valence-electron chi connectivity index (χ0n) is 14.9. The minimum atomic E-state index is -0.0138. The molecule has 0 aliphatic heterocycles. The molecule has 26 heavy (non-hydrogen) atoms. The van der Waals surface area contributed by atoms with Crippen molar-refractivity contribution in [3.63, 3.8) is 0 Å². The lowest BCUT2D eigenvalue weighted by Crippen LogP contribution is -2.61. The molecular weight excluding hydrogens is 344 g/mol. The van der Waals surface area contributed by atoms with Crippen molar-refractivity contribution in [1.82, 2.24) is 10.6 Å². The fourth-order valence-electron chi connectivity index (χ4n) is 6.06. The smallest absolute Gasteiger partial charge is 0.315 e. The van der Waals surface area contributed by atoms with E-state index in [-0.39, 0.29) is 17.5 Å². The Kier molecular flexibility index (Phi) is 4.07. The van der Waals surface area contributed by atoms with Crippen molar-refractivity contribution in [1.29, 1.82) is 0 Å². The molecule has 2 N–H and O–H groups in total. The average Bonchev–Trinajstić information content (AvgIpc) is 3.27. The molecule has 2 amide bonds. The van der Waals surface area contributed by atoms with Gasteiger partial charge < -0.3 is 15.1 Å². The normalized spacial score (nSPS) is 33.2. The van der Waals surface area contributed by atoms with Crippen LogP contribution < -0.4 is 10.6 Å². The second-order valence-corrected chi connectivity index (χ2v) is 9.60. The van der Waals surface area contributed by atoms with E-state index in [2.05, 4.69) is 22.1 Å². The number of rotatable bonds is 5. The average molecular weight is 371 g/mol. The topological polar surface area (TPSA) is 54.3 Å². The largest absolute Gasteiger partial charge is 0.469 e. The van der Waals surface area contributed by atoms with E-state index in [0.29, 0.717) is 6.54 Å². The highest BCUT2D eigenvalue weighted by atomic mass is 32.1. The molecule has 2 aromatic heterocycles. The molecular formula is C21H26N2O2S. The van der Waals surface area contributed by atoms with Crippen LogP contribution in [0.5, 0.6) is 0 Å². The lowest BCUT2D eigenvalue weighted by molar-refractivity contribution is -0.0135. The quantitative estimate of drug-likeness (QED) is 0.799. The molecule has 1 atom stereocenters. The molecule has 4 saturated carbocycles. The number of carbonyl (C=O) groups excluding carboxylic acids is 1. The molecule has 4 bridgehead atoms. The first kappa shape index (κ1) is 16.4. The molecule has 4 aliphatic rings. The van der Waals surface area contributed by atoms with Crippen LogP contribution >= 0.6 is 11.3 Å². The summed E-state index contributed by atoms with van der Waals surface area (Å²) in [5, 5.41) is 8.59. The van der Waals surface area contributed by atoms with Gasteiger partial charge in [-0.05, 0) is 79.9 Å². The van der Waals surface area contributed by atoms with Gasteiger partial charge in [0.2, 0.25) is 0 Å². The van der Waals surface area contributed by atoms with Crippen molar-refractivity contribution in [3.8, 4) is 0 Å². The van der Waals surface area contributed by atoms with Crippen LogP contribution in [0.25, 0.3) is 0 Å². The first-order chi connectivity index (χ1) is 12.7. The molecule has 0 radical (unpaired) electrons. The Morgan fingerprint density at radius 2 is 1.88 bits per heavy atom. The summed E-state index contributed by atoms with van der Waals surface area (Å²) in [5.41, 5.74) is 0.0575. The van der Waals surface area contributed by atoms with Crippen LogP contribution in [0.1, 0.15) is 55.1 Å². The minimum absolute atomic E-state index is 0.0138. The zero-order valence-corrected chi connectivity index (χ0v) is 15.8. The van der Waals surface area contributed by atoms with E-state index in [9.17, 15) is 4.79 Å². The fraction of sp³-hybridized carbons (Fsp3) is 0.571. The van der Waals surface area contributed by atoms with Gasteiger partial charge in [0.1, 0.15) is 5.76 Å². The Morgan fingerprint density at radius 1 is 1.15 bits per heavy atom. The van der Waals surface area contributed by atoms with Crippen LogP contribution in [0.4, 0.5) is 4.79 Å². The Labute approximate surface area is 158 Å². The maximum Gasteiger partial charge on any atom is 0.315 e. The fourth-order valence-corrected chi connectivity index (χ4v) is 6.90. The van der Waals surface area contributed by atoms with E-state index < -0.39 is 0 Å². The second-order valence-electron chi connectivity index (χ2n) is 8.62. The summed E-state index contributed by atoms with van der Waals surface area (Å²) in [7, 11) is 0. The van der Waals surface area contributed by atoms with Crippen molar-refractivity contribution >= 4 is 17.4 Å². The number of hydrogen-bond acceptors (Lipinski definition) is 3. The summed E-state index contributed by atoms with van der Waals surface area (Å²) in [5.74, 6) is 3.49. The van der Waals surface area contributed by atoms with Gasteiger partial charge in [0, 0.05) is 17.0 Å². The highest BCUT2D eigenvalue weighted by Gasteiger charge is 2.51. The molecule has 1 unspecified atom stereocenters. The van der Waals surface area contributed by atoms with Crippen LogP contribution in [0, 0.1) is 17.8 Å². The summed E-state index contributed by atoms with van der Waals surface area (Å²) >= 11 is 1.70. The van der Waals surface area contributed by atoms with Gasteiger partial charge in [-0.1, -0.05) is 6.07 Å². The van der Waals surface area contributed by atoms with Crippen molar-refractivity contribution in [3.05, 3.63) is 46.5 Å². The third kappa shape index (κ3) is 3.07. The monoisotopic (exact) mass is 370 g/mol. The highest BCUT2D eigenvalue weighted by Crippen LogP contribution is 2.55. The van der Waals surface area contributed by atoms with E-state index in [1.165, 1.54) is 43.4 Å². The lowest BCUT2D eigenvalue weighted by atomic mass is 9.53. The van der Waals surface area contributed by atoms with Crippen LogP contribution in [-0.4, -0.2) is 18.1 Å². The third-order valence-corrected chi connectivity index (χ3v) is 7.64. The Bertz CT molecular complexity index is 684. The number of hydrogen-bond donors (Lipinski definition) is 2. The van der Waals surface area contributed by atoms with Crippen molar-refractivity contribution < 1.29 is 9.21 Å². The standard InChI is InChI=1S/C21H26N2O2S/c24-20(23-21-10-14-7-15(11-21)9-16(8-14)12-21)22-13-17(18-3-1-5-25-18)19-4-2-6-26-19/h1-6,14-17H,7-13H2,(H2,22,23,24). The zero-order chi connectivity index (χ0) is 17.6. The second kappa shape index (κ2) is 6.45. The van der Waals surface area contributed by atoms with Gasteiger partial charge in [-0.3, -0.25) is 0 Å². The predicted molar refractivity (Wildman–Crippen MR) is 102 cm³/mol.